The van der Waals surface area contributed by atoms with E-state index in [4.69, 9.17) is 0 Å². The molecule has 16 heavy (non-hydrogen) atoms. The molecule has 0 saturated carbocycles. The van der Waals surface area contributed by atoms with Gasteiger partial charge in [0.05, 0.1) is 0 Å². The van der Waals surface area contributed by atoms with Gasteiger partial charge in [0.15, 0.2) is 0 Å². The topological polar surface area (TPSA) is 0 Å². The maximum absolute atomic E-state index is 13.2. The average Bonchev–Trinajstić information content (AvgIpc) is 2.15. The minimum atomic E-state index is -0.137. The molecule has 0 amide bonds. The van der Waals surface area contributed by atoms with Gasteiger partial charge in [-0.2, -0.15) is 0 Å². The van der Waals surface area contributed by atoms with Crippen LogP contribution in [0.3, 0.4) is 0 Å². The third-order valence-corrected chi connectivity index (χ3v) is 4.01. The zero-order valence-electron chi connectivity index (χ0n) is 10.5. The highest BCUT2D eigenvalue weighted by atomic mass is 79.9. The lowest BCUT2D eigenvalue weighted by Crippen LogP contribution is -2.03. The van der Waals surface area contributed by atoms with E-state index >= 15 is 0 Å². The van der Waals surface area contributed by atoms with Crippen molar-refractivity contribution in [3.05, 3.63) is 34.6 Å². The summed E-state index contributed by atoms with van der Waals surface area (Å²) >= 11 is 3.73. The van der Waals surface area contributed by atoms with Crippen LogP contribution < -0.4 is 0 Å². The van der Waals surface area contributed by atoms with Crippen molar-refractivity contribution in [2.75, 3.05) is 0 Å². The van der Waals surface area contributed by atoms with Gasteiger partial charge in [-0.15, -0.1) is 0 Å². The van der Waals surface area contributed by atoms with Gasteiger partial charge in [0.25, 0.3) is 0 Å². The minimum Gasteiger partial charge on any atom is -0.207 e. The van der Waals surface area contributed by atoms with Crippen molar-refractivity contribution in [1.82, 2.24) is 0 Å². The maximum atomic E-state index is 13.2. The lowest BCUT2D eigenvalue weighted by atomic mass is 9.93. The van der Waals surface area contributed by atoms with Gasteiger partial charge in [0.2, 0.25) is 0 Å². The Morgan fingerprint density at radius 2 is 1.75 bits per heavy atom. The first-order valence-corrected chi connectivity index (χ1v) is 6.78. The number of hydrogen-bond donors (Lipinski definition) is 0. The predicted octanol–water partition coefficient (Wildman–Crippen LogP) is 5.31. The van der Waals surface area contributed by atoms with Crippen LogP contribution in [-0.2, 0) is 0 Å². The van der Waals surface area contributed by atoms with Gasteiger partial charge < -0.3 is 0 Å². The van der Waals surface area contributed by atoms with Crippen molar-refractivity contribution in [1.29, 1.82) is 0 Å². The molecule has 2 unspecified atom stereocenters. The molecule has 1 aromatic rings. The normalized spacial score (nSPS) is 14.9. The SMILES string of the molecule is CCC(C)CC(Br)c1c(C)cc(F)cc1C. The van der Waals surface area contributed by atoms with Gasteiger partial charge in [-0.1, -0.05) is 36.2 Å². The van der Waals surface area contributed by atoms with Crippen LogP contribution in [0.25, 0.3) is 0 Å². The van der Waals surface area contributed by atoms with Crippen molar-refractivity contribution in [3.8, 4) is 0 Å². The Hall–Kier alpha value is -0.370. The molecular formula is C14H20BrF. The molecule has 0 spiro atoms. The molecule has 0 bridgehead atoms. The lowest BCUT2D eigenvalue weighted by molar-refractivity contribution is 0.512. The first-order valence-electron chi connectivity index (χ1n) is 5.86. The van der Waals surface area contributed by atoms with Gasteiger partial charge in [0.1, 0.15) is 5.82 Å². The van der Waals surface area contributed by atoms with Gasteiger partial charge in [0, 0.05) is 4.83 Å². The minimum absolute atomic E-state index is 0.137. The van der Waals surface area contributed by atoms with Crippen molar-refractivity contribution in [2.24, 2.45) is 5.92 Å². The van der Waals surface area contributed by atoms with Gasteiger partial charge >= 0.3 is 0 Å². The second-order valence-corrected chi connectivity index (χ2v) is 5.78. The van der Waals surface area contributed by atoms with E-state index in [1.54, 1.807) is 12.1 Å². The molecular weight excluding hydrogens is 267 g/mol. The highest BCUT2D eigenvalue weighted by Crippen LogP contribution is 2.35. The molecule has 1 rings (SSSR count). The van der Waals surface area contributed by atoms with E-state index in [1.165, 1.54) is 12.0 Å². The monoisotopic (exact) mass is 286 g/mol. The van der Waals surface area contributed by atoms with Crippen LogP contribution in [0.15, 0.2) is 12.1 Å². The van der Waals surface area contributed by atoms with E-state index < -0.39 is 0 Å². The summed E-state index contributed by atoms with van der Waals surface area (Å²) in [5.41, 5.74) is 3.34. The van der Waals surface area contributed by atoms with Crippen LogP contribution >= 0.6 is 15.9 Å². The van der Waals surface area contributed by atoms with Crippen LogP contribution in [0.5, 0.6) is 0 Å². The molecule has 0 N–H and O–H groups in total. The van der Waals surface area contributed by atoms with Crippen LogP contribution in [-0.4, -0.2) is 0 Å². The van der Waals surface area contributed by atoms with Gasteiger partial charge in [-0.05, 0) is 55.0 Å². The number of hydrogen-bond acceptors (Lipinski definition) is 0. The number of benzene rings is 1. The highest BCUT2D eigenvalue weighted by molar-refractivity contribution is 9.09. The molecule has 1 aromatic carbocycles. The summed E-state index contributed by atoms with van der Waals surface area (Å²) in [6.07, 6.45) is 2.28. The Labute approximate surface area is 106 Å². The second kappa shape index (κ2) is 5.81. The Balaban J connectivity index is 2.95. The number of alkyl halides is 1. The third-order valence-electron chi connectivity index (χ3n) is 3.18. The molecule has 0 nitrogen and oxygen atoms in total. The van der Waals surface area contributed by atoms with Crippen molar-refractivity contribution < 1.29 is 4.39 Å². The number of halogens is 2. The fraction of sp³-hybridized carbons (Fsp3) is 0.571. The van der Waals surface area contributed by atoms with Crippen LogP contribution in [0.1, 0.15) is 48.2 Å². The summed E-state index contributed by atoms with van der Waals surface area (Å²) in [7, 11) is 0. The zero-order valence-corrected chi connectivity index (χ0v) is 12.1. The van der Waals surface area contributed by atoms with Crippen LogP contribution in [0, 0.1) is 25.6 Å². The second-order valence-electron chi connectivity index (χ2n) is 4.67. The van der Waals surface area contributed by atoms with Crippen LogP contribution in [0.2, 0.25) is 0 Å². The summed E-state index contributed by atoms with van der Waals surface area (Å²) in [6.45, 7) is 8.42. The Bertz CT molecular complexity index is 337. The molecule has 0 aliphatic heterocycles. The van der Waals surface area contributed by atoms with Gasteiger partial charge in [-0.25, -0.2) is 4.39 Å². The first-order chi connectivity index (χ1) is 7.45. The molecule has 0 aromatic heterocycles. The van der Waals surface area contributed by atoms with E-state index in [2.05, 4.69) is 29.8 Å². The van der Waals surface area contributed by atoms with Gasteiger partial charge in [-0.3, -0.25) is 0 Å². The largest absolute Gasteiger partial charge is 0.207 e. The highest BCUT2D eigenvalue weighted by Gasteiger charge is 2.16. The molecule has 0 aliphatic rings. The summed E-state index contributed by atoms with van der Waals surface area (Å²) in [5.74, 6) is 0.551. The Kier molecular flexibility index (Phi) is 4.97. The molecule has 0 saturated heterocycles. The van der Waals surface area contributed by atoms with E-state index in [-0.39, 0.29) is 5.82 Å². The molecule has 90 valence electrons. The summed E-state index contributed by atoms with van der Waals surface area (Å²) < 4.78 is 13.2. The Morgan fingerprint density at radius 3 is 2.19 bits per heavy atom. The van der Waals surface area contributed by atoms with E-state index in [9.17, 15) is 4.39 Å². The maximum Gasteiger partial charge on any atom is 0.123 e. The summed E-state index contributed by atoms with van der Waals surface area (Å²) in [4.78, 5) is 0.336. The fourth-order valence-electron chi connectivity index (χ4n) is 2.05. The van der Waals surface area contributed by atoms with Crippen molar-refractivity contribution in [3.63, 3.8) is 0 Å². The molecule has 0 fully saturated rings. The molecule has 0 radical (unpaired) electrons. The van der Waals surface area contributed by atoms with E-state index in [0.717, 1.165) is 17.5 Å². The summed E-state index contributed by atoms with van der Waals surface area (Å²) in [6, 6.07) is 3.24. The van der Waals surface area contributed by atoms with Crippen molar-refractivity contribution >= 4 is 15.9 Å². The lowest BCUT2D eigenvalue weighted by Gasteiger charge is -2.19. The number of aryl methyl sites for hydroxylation is 2. The Morgan fingerprint density at radius 1 is 1.25 bits per heavy atom. The zero-order chi connectivity index (χ0) is 12.3. The quantitative estimate of drug-likeness (QED) is 0.658. The summed E-state index contributed by atoms with van der Waals surface area (Å²) in [5, 5.41) is 0. The standard InChI is InChI=1S/C14H20BrF/c1-5-9(2)6-13(15)14-10(3)7-12(16)8-11(14)4/h7-9,13H,5-6H2,1-4H3. The first kappa shape index (κ1) is 13.7. The predicted molar refractivity (Wildman–Crippen MR) is 71.6 cm³/mol. The number of rotatable bonds is 4. The molecule has 2 heteroatoms. The van der Waals surface area contributed by atoms with E-state index in [0.29, 0.717) is 10.7 Å². The van der Waals surface area contributed by atoms with Crippen molar-refractivity contribution in [2.45, 2.75) is 45.4 Å². The molecule has 0 aliphatic carbocycles. The fourth-order valence-corrected chi connectivity index (χ4v) is 3.41. The molecule has 0 heterocycles. The average molecular weight is 287 g/mol. The van der Waals surface area contributed by atoms with Crippen LogP contribution in [0.4, 0.5) is 4.39 Å². The smallest absolute Gasteiger partial charge is 0.123 e. The van der Waals surface area contributed by atoms with E-state index in [1.807, 2.05) is 13.8 Å². The third kappa shape index (κ3) is 3.31. The molecule has 2 atom stereocenters.